The summed E-state index contributed by atoms with van der Waals surface area (Å²) in [5, 5.41) is 3.44. The molecule has 0 aromatic heterocycles. The van der Waals surface area contributed by atoms with Crippen LogP contribution in [0, 0.1) is 12.3 Å². The fourth-order valence-electron chi connectivity index (χ4n) is 1.28. The van der Waals surface area contributed by atoms with Crippen LogP contribution in [0.2, 0.25) is 0 Å². The molecule has 0 saturated heterocycles. The number of aryl methyl sites for hydroxylation is 1. The summed E-state index contributed by atoms with van der Waals surface area (Å²) < 4.78 is 1.17. The normalized spacial score (nSPS) is 11.5. The number of halogens is 1. The number of rotatable bonds is 3. The predicted molar refractivity (Wildman–Crippen MR) is 71.4 cm³/mol. The van der Waals surface area contributed by atoms with Crippen LogP contribution < -0.4 is 5.32 Å². The van der Waals surface area contributed by atoms with Crippen LogP contribution in [0.5, 0.6) is 0 Å². The van der Waals surface area contributed by atoms with Crippen molar-refractivity contribution in [2.75, 3.05) is 11.9 Å². The Morgan fingerprint density at radius 2 is 1.93 bits per heavy atom. The minimum absolute atomic E-state index is 0.398. The Morgan fingerprint density at radius 3 is 2.47 bits per heavy atom. The van der Waals surface area contributed by atoms with Gasteiger partial charge in [-0.25, -0.2) is 0 Å². The van der Waals surface area contributed by atoms with Crippen molar-refractivity contribution in [2.45, 2.75) is 34.1 Å². The Morgan fingerprint density at radius 1 is 1.27 bits per heavy atom. The van der Waals surface area contributed by atoms with Gasteiger partial charge in [-0.3, -0.25) is 0 Å². The molecule has 0 unspecified atom stereocenters. The first-order valence-electron chi connectivity index (χ1n) is 5.38. The first-order chi connectivity index (χ1) is 6.88. The predicted octanol–water partition coefficient (Wildman–Crippen LogP) is 4.61. The number of benzene rings is 1. The average Bonchev–Trinajstić information content (AvgIpc) is 2.09. The summed E-state index contributed by atoms with van der Waals surface area (Å²) in [6.07, 6.45) is 1.18. The second-order valence-corrected chi connectivity index (χ2v) is 6.06. The van der Waals surface area contributed by atoms with E-state index in [0.717, 1.165) is 6.54 Å². The van der Waals surface area contributed by atoms with Crippen LogP contribution >= 0.6 is 15.9 Å². The zero-order chi connectivity index (χ0) is 11.5. The van der Waals surface area contributed by atoms with Gasteiger partial charge >= 0.3 is 0 Å². The standard InChI is InChI=1S/C13H20BrN/c1-10-5-6-11(9-12(10)14)15-8-7-13(2,3)4/h5-6,9,15H,7-8H2,1-4H3. The monoisotopic (exact) mass is 269 g/mol. The zero-order valence-electron chi connectivity index (χ0n) is 10.0. The van der Waals surface area contributed by atoms with Gasteiger partial charge in [-0.2, -0.15) is 0 Å². The van der Waals surface area contributed by atoms with E-state index in [1.807, 2.05) is 0 Å². The summed E-state index contributed by atoms with van der Waals surface area (Å²) in [6.45, 7) is 9.92. The van der Waals surface area contributed by atoms with Crippen LogP contribution in [0.1, 0.15) is 32.8 Å². The van der Waals surface area contributed by atoms with Gasteiger partial charge < -0.3 is 5.32 Å². The van der Waals surface area contributed by atoms with E-state index in [0.29, 0.717) is 5.41 Å². The van der Waals surface area contributed by atoms with Crippen molar-refractivity contribution in [3.8, 4) is 0 Å². The molecule has 0 saturated carbocycles. The molecule has 1 aromatic carbocycles. The van der Waals surface area contributed by atoms with Crippen molar-refractivity contribution in [3.05, 3.63) is 28.2 Å². The summed E-state index contributed by atoms with van der Waals surface area (Å²) >= 11 is 3.54. The molecule has 0 aliphatic carbocycles. The molecule has 1 nitrogen and oxygen atoms in total. The lowest BCUT2D eigenvalue weighted by atomic mass is 9.92. The van der Waals surface area contributed by atoms with E-state index in [9.17, 15) is 0 Å². The maximum atomic E-state index is 3.54. The highest BCUT2D eigenvalue weighted by Gasteiger charge is 2.08. The van der Waals surface area contributed by atoms with Crippen LogP contribution in [-0.2, 0) is 0 Å². The molecule has 0 spiro atoms. The van der Waals surface area contributed by atoms with Crippen LogP contribution in [0.3, 0.4) is 0 Å². The molecular formula is C13H20BrN. The van der Waals surface area contributed by atoms with Crippen LogP contribution in [0.25, 0.3) is 0 Å². The third-order valence-corrected chi connectivity index (χ3v) is 3.23. The highest BCUT2D eigenvalue weighted by atomic mass is 79.9. The molecule has 1 rings (SSSR count). The summed E-state index contributed by atoms with van der Waals surface area (Å²) in [7, 11) is 0. The van der Waals surface area contributed by atoms with Gasteiger partial charge in [0.15, 0.2) is 0 Å². The van der Waals surface area contributed by atoms with Gasteiger partial charge in [0.25, 0.3) is 0 Å². The van der Waals surface area contributed by atoms with E-state index in [4.69, 9.17) is 0 Å². The molecule has 1 N–H and O–H groups in total. The average molecular weight is 270 g/mol. The van der Waals surface area contributed by atoms with Crippen molar-refractivity contribution in [1.29, 1.82) is 0 Å². The topological polar surface area (TPSA) is 12.0 Å². The minimum atomic E-state index is 0.398. The maximum absolute atomic E-state index is 3.54. The first-order valence-corrected chi connectivity index (χ1v) is 6.18. The van der Waals surface area contributed by atoms with Crippen molar-refractivity contribution < 1.29 is 0 Å². The van der Waals surface area contributed by atoms with Crippen LogP contribution in [-0.4, -0.2) is 6.54 Å². The van der Waals surface area contributed by atoms with E-state index in [-0.39, 0.29) is 0 Å². The van der Waals surface area contributed by atoms with Crippen molar-refractivity contribution in [1.82, 2.24) is 0 Å². The van der Waals surface area contributed by atoms with Crippen molar-refractivity contribution >= 4 is 21.6 Å². The summed E-state index contributed by atoms with van der Waals surface area (Å²) in [5.41, 5.74) is 2.86. The van der Waals surface area contributed by atoms with Gasteiger partial charge in [0, 0.05) is 16.7 Å². The summed E-state index contributed by atoms with van der Waals surface area (Å²) in [6, 6.07) is 6.39. The maximum Gasteiger partial charge on any atom is 0.0351 e. The SMILES string of the molecule is Cc1ccc(NCCC(C)(C)C)cc1Br. The van der Waals surface area contributed by atoms with Gasteiger partial charge in [-0.15, -0.1) is 0 Å². The Hall–Kier alpha value is -0.500. The van der Waals surface area contributed by atoms with E-state index in [1.54, 1.807) is 0 Å². The number of nitrogens with one attached hydrogen (secondary N) is 1. The lowest BCUT2D eigenvalue weighted by molar-refractivity contribution is 0.390. The Kier molecular flexibility index (Phi) is 4.21. The molecule has 0 atom stereocenters. The molecule has 1 aromatic rings. The number of hydrogen-bond acceptors (Lipinski definition) is 1. The molecule has 0 radical (unpaired) electrons. The lowest BCUT2D eigenvalue weighted by Crippen LogP contribution is -2.12. The first kappa shape index (κ1) is 12.6. The fraction of sp³-hybridized carbons (Fsp3) is 0.538. The quantitative estimate of drug-likeness (QED) is 0.846. The lowest BCUT2D eigenvalue weighted by Gasteiger charge is -2.18. The molecule has 0 fully saturated rings. The summed E-state index contributed by atoms with van der Waals surface area (Å²) in [4.78, 5) is 0. The highest BCUT2D eigenvalue weighted by molar-refractivity contribution is 9.10. The smallest absolute Gasteiger partial charge is 0.0351 e. The second kappa shape index (κ2) is 5.02. The Labute approximate surface area is 101 Å². The number of hydrogen-bond donors (Lipinski definition) is 1. The highest BCUT2D eigenvalue weighted by Crippen LogP contribution is 2.22. The van der Waals surface area contributed by atoms with E-state index >= 15 is 0 Å². The Balaban J connectivity index is 2.48. The van der Waals surface area contributed by atoms with Gasteiger partial charge in [0.05, 0.1) is 0 Å². The van der Waals surface area contributed by atoms with E-state index in [2.05, 4.69) is 67.1 Å². The third kappa shape index (κ3) is 4.70. The van der Waals surface area contributed by atoms with Gasteiger partial charge in [0.2, 0.25) is 0 Å². The van der Waals surface area contributed by atoms with Gasteiger partial charge in [-0.1, -0.05) is 42.8 Å². The molecule has 84 valence electrons. The third-order valence-electron chi connectivity index (χ3n) is 2.38. The molecule has 0 bridgehead atoms. The molecule has 2 heteroatoms. The van der Waals surface area contributed by atoms with Crippen LogP contribution in [0.4, 0.5) is 5.69 Å². The molecule has 0 amide bonds. The molecular weight excluding hydrogens is 250 g/mol. The summed E-state index contributed by atoms with van der Waals surface area (Å²) in [5.74, 6) is 0. The van der Waals surface area contributed by atoms with Crippen molar-refractivity contribution in [2.24, 2.45) is 5.41 Å². The molecule has 15 heavy (non-hydrogen) atoms. The van der Waals surface area contributed by atoms with Gasteiger partial charge in [0.1, 0.15) is 0 Å². The Bertz CT molecular complexity index is 326. The van der Waals surface area contributed by atoms with E-state index < -0.39 is 0 Å². The largest absolute Gasteiger partial charge is 0.385 e. The van der Waals surface area contributed by atoms with Gasteiger partial charge in [-0.05, 0) is 36.5 Å². The van der Waals surface area contributed by atoms with Crippen molar-refractivity contribution in [3.63, 3.8) is 0 Å². The molecule has 0 aliphatic heterocycles. The molecule has 0 heterocycles. The zero-order valence-corrected chi connectivity index (χ0v) is 11.6. The fourth-order valence-corrected chi connectivity index (χ4v) is 1.66. The molecule has 0 aliphatic rings. The van der Waals surface area contributed by atoms with Crippen LogP contribution in [0.15, 0.2) is 22.7 Å². The second-order valence-electron chi connectivity index (χ2n) is 5.20. The van der Waals surface area contributed by atoms with E-state index in [1.165, 1.54) is 22.1 Å². The minimum Gasteiger partial charge on any atom is -0.385 e. The number of anilines is 1.